The fourth-order valence-corrected chi connectivity index (χ4v) is 2.58. The van der Waals surface area contributed by atoms with Crippen molar-refractivity contribution in [1.29, 1.82) is 0 Å². The maximum Gasteiger partial charge on any atom is 0.330 e. The van der Waals surface area contributed by atoms with E-state index in [9.17, 15) is 4.79 Å². The molecule has 1 aromatic rings. The number of piperidine rings is 1. The Hall–Kier alpha value is -1.14. The zero-order valence-corrected chi connectivity index (χ0v) is 12.5. The molecule has 1 aliphatic rings. The summed E-state index contributed by atoms with van der Waals surface area (Å²) in [7, 11) is 0. The van der Waals surface area contributed by atoms with Crippen LogP contribution in [0.15, 0.2) is 6.07 Å². The molecule has 106 valence electrons. The second-order valence-corrected chi connectivity index (χ2v) is 6.82. The summed E-state index contributed by atoms with van der Waals surface area (Å²) in [6.45, 7) is 7.09. The molecule has 19 heavy (non-hydrogen) atoms. The number of aromatic nitrogens is 1. The predicted octanol–water partition coefficient (Wildman–Crippen LogP) is 2.41. The largest absolute Gasteiger partial charge is 0.389 e. The SMILES string of the molecule is CC(C)(C)C(=O)ON1CCC(c2cc(N)sn2)CC1. The number of carbonyl (C=O) groups is 1. The lowest BCUT2D eigenvalue weighted by molar-refractivity contribution is -0.204. The van der Waals surface area contributed by atoms with Crippen molar-refractivity contribution in [2.24, 2.45) is 5.41 Å². The van der Waals surface area contributed by atoms with Crippen LogP contribution in [-0.4, -0.2) is 28.5 Å². The van der Waals surface area contributed by atoms with Gasteiger partial charge in [-0.3, -0.25) is 0 Å². The van der Waals surface area contributed by atoms with Gasteiger partial charge in [0.2, 0.25) is 0 Å². The molecule has 0 radical (unpaired) electrons. The first-order valence-corrected chi connectivity index (χ1v) is 7.33. The summed E-state index contributed by atoms with van der Waals surface area (Å²) in [5, 5.41) is 2.52. The first-order chi connectivity index (χ1) is 8.86. The topological polar surface area (TPSA) is 68.5 Å². The Morgan fingerprint density at radius 1 is 1.47 bits per heavy atom. The summed E-state index contributed by atoms with van der Waals surface area (Å²) < 4.78 is 4.36. The summed E-state index contributed by atoms with van der Waals surface area (Å²) in [5.41, 5.74) is 6.32. The highest BCUT2D eigenvalue weighted by Crippen LogP contribution is 2.30. The molecule has 0 unspecified atom stereocenters. The van der Waals surface area contributed by atoms with E-state index in [1.807, 2.05) is 26.8 Å². The molecule has 2 heterocycles. The van der Waals surface area contributed by atoms with Gasteiger partial charge in [0.1, 0.15) is 5.00 Å². The number of nitrogens with zero attached hydrogens (tertiary/aromatic N) is 2. The van der Waals surface area contributed by atoms with E-state index in [2.05, 4.69) is 4.37 Å². The van der Waals surface area contributed by atoms with Crippen LogP contribution in [0.4, 0.5) is 5.00 Å². The molecule has 2 rings (SSSR count). The number of hydrogen-bond acceptors (Lipinski definition) is 6. The average Bonchev–Trinajstić information content (AvgIpc) is 2.75. The van der Waals surface area contributed by atoms with Crippen LogP contribution in [0.25, 0.3) is 0 Å². The third-order valence-electron chi connectivity index (χ3n) is 3.24. The Balaban J connectivity index is 1.84. The van der Waals surface area contributed by atoms with Crippen molar-refractivity contribution in [2.45, 2.75) is 39.5 Å². The fourth-order valence-electron chi connectivity index (χ4n) is 1.99. The van der Waals surface area contributed by atoms with Gasteiger partial charge in [0.05, 0.1) is 11.1 Å². The summed E-state index contributed by atoms with van der Waals surface area (Å²) in [4.78, 5) is 17.2. The molecule has 1 aromatic heterocycles. The van der Waals surface area contributed by atoms with Gasteiger partial charge in [0, 0.05) is 19.0 Å². The van der Waals surface area contributed by atoms with Crippen molar-refractivity contribution in [3.8, 4) is 0 Å². The Labute approximate surface area is 117 Å². The molecule has 0 saturated carbocycles. The van der Waals surface area contributed by atoms with Gasteiger partial charge in [-0.1, -0.05) is 0 Å². The first kappa shape index (κ1) is 14.3. The van der Waals surface area contributed by atoms with Gasteiger partial charge >= 0.3 is 5.97 Å². The summed E-state index contributed by atoms with van der Waals surface area (Å²) in [6, 6.07) is 1.95. The second kappa shape index (κ2) is 5.46. The monoisotopic (exact) mass is 283 g/mol. The van der Waals surface area contributed by atoms with Crippen molar-refractivity contribution in [3.63, 3.8) is 0 Å². The second-order valence-electron chi connectivity index (χ2n) is 5.99. The van der Waals surface area contributed by atoms with Crippen molar-refractivity contribution >= 4 is 22.5 Å². The number of anilines is 1. The highest BCUT2D eigenvalue weighted by Gasteiger charge is 2.29. The lowest BCUT2D eigenvalue weighted by Crippen LogP contribution is -2.38. The van der Waals surface area contributed by atoms with Crippen LogP contribution < -0.4 is 5.73 Å². The highest BCUT2D eigenvalue weighted by molar-refractivity contribution is 7.10. The molecular formula is C13H21N3O2S. The lowest BCUT2D eigenvalue weighted by atomic mass is 9.94. The van der Waals surface area contributed by atoms with Gasteiger partial charge in [0.15, 0.2) is 0 Å². The van der Waals surface area contributed by atoms with Gasteiger partial charge < -0.3 is 10.6 Å². The molecule has 1 fully saturated rings. The molecule has 0 amide bonds. The third-order valence-corrected chi connectivity index (χ3v) is 3.87. The minimum atomic E-state index is -0.458. The van der Waals surface area contributed by atoms with Gasteiger partial charge in [-0.15, -0.1) is 5.06 Å². The van der Waals surface area contributed by atoms with E-state index in [0.717, 1.165) is 36.6 Å². The van der Waals surface area contributed by atoms with E-state index in [1.54, 1.807) is 5.06 Å². The van der Waals surface area contributed by atoms with Crippen LogP contribution in [0.3, 0.4) is 0 Å². The van der Waals surface area contributed by atoms with Gasteiger partial charge in [0.25, 0.3) is 0 Å². The van der Waals surface area contributed by atoms with Crippen LogP contribution in [-0.2, 0) is 9.63 Å². The van der Waals surface area contributed by atoms with Crippen LogP contribution >= 0.6 is 11.5 Å². The number of nitrogens with two attached hydrogens (primary N) is 1. The lowest BCUT2D eigenvalue weighted by Gasteiger charge is -2.31. The Bertz CT molecular complexity index is 445. The average molecular weight is 283 g/mol. The summed E-state index contributed by atoms with van der Waals surface area (Å²) >= 11 is 1.34. The van der Waals surface area contributed by atoms with Crippen molar-refractivity contribution < 1.29 is 9.63 Å². The van der Waals surface area contributed by atoms with Gasteiger partial charge in [-0.25, -0.2) is 4.79 Å². The molecule has 0 spiro atoms. The Morgan fingerprint density at radius 2 is 2.11 bits per heavy atom. The zero-order valence-electron chi connectivity index (χ0n) is 11.7. The molecule has 0 aliphatic carbocycles. The number of nitrogen functional groups attached to an aromatic ring is 1. The van der Waals surface area contributed by atoms with Crippen LogP contribution in [0, 0.1) is 5.41 Å². The van der Waals surface area contributed by atoms with Gasteiger partial charge in [-0.05, 0) is 51.2 Å². The molecular weight excluding hydrogens is 262 g/mol. The Morgan fingerprint density at radius 3 is 2.58 bits per heavy atom. The minimum absolute atomic E-state index is 0.177. The minimum Gasteiger partial charge on any atom is -0.389 e. The quantitative estimate of drug-likeness (QED) is 0.902. The first-order valence-electron chi connectivity index (χ1n) is 6.55. The van der Waals surface area contributed by atoms with Crippen molar-refractivity contribution in [1.82, 2.24) is 9.44 Å². The number of carbonyl (C=O) groups excluding carboxylic acids is 1. The maximum absolute atomic E-state index is 11.8. The van der Waals surface area contributed by atoms with Gasteiger partial charge in [-0.2, -0.15) is 4.37 Å². The zero-order chi connectivity index (χ0) is 14.0. The van der Waals surface area contributed by atoms with E-state index in [0.29, 0.717) is 5.92 Å². The molecule has 2 N–H and O–H groups in total. The third kappa shape index (κ3) is 3.67. The predicted molar refractivity (Wildman–Crippen MR) is 75.6 cm³/mol. The van der Waals surface area contributed by atoms with Crippen LogP contribution in [0.2, 0.25) is 0 Å². The molecule has 0 bridgehead atoms. The van der Waals surface area contributed by atoms with Crippen molar-refractivity contribution in [3.05, 3.63) is 11.8 Å². The normalized spacial score (nSPS) is 18.5. The van der Waals surface area contributed by atoms with Crippen LogP contribution in [0.5, 0.6) is 0 Å². The fraction of sp³-hybridized carbons (Fsp3) is 0.692. The smallest absolute Gasteiger partial charge is 0.330 e. The highest BCUT2D eigenvalue weighted by atomic mass is 32.1. The Kier molecular flexibility index (Phi) is 4.10. The number of hydrogen-bond donors (Lipinski definition) is 1. The van der Waals surface area contributed by atoms with Crippen molar-refractivity contribution in [2.75, 3.05) is 18.8 Å². The standard InChI is InChI=1S/C13H21N3O2S/c1-13(2,3)12(17)18-16-6-4-9(5-7-16)10-8-11(14)19-15-10/h8-9H,4-7,14H2,1-3H3. The van der Waals surface area contributed by atoms with E-state index >= 15 is 0 Å². The summed E-state index contributed by atoms with van der Waals surface area (Å²) in [6.07, 6.45) is 1.89. The number of rotatable bonds is 2. The molecule has 1 aliphatic heterocycles. The molecule has 0 aromatic carbocycles. The molecule has 1 saturated heterocycles. The van der Waals surface area contributed by atoms with E-state index in [4.69, 9.17) is 10.6 Å². The van der Waals surface area contributed by atoms with Crippen LogP contribution in [0.1, 0.15) is 45.2 Å². The van der Waals surface area contributed by atoms with E-state index in [1.165, 1.54) is 11.5 Å². The van der Waals surface area contributed by atoms with E-state index in [-0.39, 0.29) is 5.97 Å². The summed E-state index contributed by atoms with van der Waals surface area (Å²) in [5.74, 6) is 0.252. The molecule has 5 nitrogen and oxygen atoms in total. The number of hydroxylamine groups is 2. The molecule has 6 heteroatoms. The maximum atomic E-state index is 11.8. The molecule has 0 atom stereocenters. The van der Waals surface area contributed by atoms with E-state index < -0.39 is 5.41 Å².